The summed E-state index contributed by atoms with van der Waals surface area (Å²) in [4.78, 5) is 12.1. The van der Waals surface area contributed by atoms with Crippen molar-refractivity contribution in [3.05, 3.63) is 51.5 Å². The van der Waals surface area contributed by atoms with Crippen molar-refractivity contribution in [2.45, 2.75) is 33.6 Å². The normalized spacial score (nSPS) is 11.0. The molecule has 0 heterocycles. The molecule has 2 aromatic rings. The number of hydrazone groups is 1. The molecule has 29 heavy (non-hydrogen) atoms. The van der Waals surface area contributed by atoms with Gasteiger partial charge in [0.2, 0.25) is 0 Å². The van der Waals surface area contributed by atoms with Crippen LogP contribution in [0.15, 0.2) is 39.9 Å². The Labute approximate surface area is 180 Å². The number of amides is 1. The second-order valence-electron chi connectivity index (χ2n) is 6.72. The van der Waals surface area contributed by atoms with Gasteiger partial charge >= 0.3 is 0 Å². The summed E-state index contributed by atoms with van der Waals surface area (Å²) in [6.45, 7) is 8.49. The quantitative estimate of drug-likeness (QED) is 0.428. The fourth-order valence-electron chi connectivity index (χ4n) is 2.64. The monoisotopic (exact) mass is 462 g/mol. The van der Waals surface area contributed by atoms with E-state index in [9.17, 15) is 4.79 Å². The topological polar surface area (TPSA) is 69.2 Å². The van der Waals surface area contributed by atoms with E-state index in [1.54, 1.807) is 25.5 Å². The molecule has 0 unspecified atom stereocenters. The minimum atomic E-state index is -0.338. The number of carbonyl (C=O) groups is 1. The van der Waals surface area contributed by atoms with E-state index in [1.807, 2.05) is 32.0 Å². The van der Waals surface area contributed by atoms with E-state index in [2.05, 4.69) is 40.3 Å². The first-order chi connectivity index (χ1) is 13.8. The molecule has 0 atom stereocenters. The number of nitrogens with zero attached hydrogens (tertiary/aromatic N) is 1. The number of hydrogen-bond donors (Lipinski definition) is 1. The number of rotatable bonds is 9. The Morgan fingerprint density at radius 2 is 1.93 bits per heavy atom. The standard InChI is InChI=1S/C22H27BrN2O4/c1-6-28-19-8-7-16(10-21(19)27-5)12-24-25-22(26)13-29-20-9-15(4)18(23)11-17(20)14(2)3/h7-12,14H,6,13H2,1-5H3,(H,25,26)/b24-12+. The molecule has 0 aliphatic rings. The number of hydrogen-bond acceptors (Lipinski definition) is 5. The van der Waals surface area contributed by atoms with Crippen LogP contribution in [0, 0.1) is 6.92 Å². The number of benzene rings is 2. The number of nitrogens with one attached hydrogen (secondary N) is 1. The van der Waals surface area contributed by atoms with Crippen molar-refractivity contribution < 1.29 is 19.0 Å². The van der Waals surface area contributed by atoms with Gasteiger partial charge in [-0.2, -0.15) is 5.10 Å². The Bertz CT molecular complexity index is 881. The van der Waals surface area contributed by atoms with Gasteiger partial charge < -0.3 is 14.2 Å². The Hall–Kier alpha value is -2.54. The van der Waals surface area contributed by atoms with Crippen molar-refractivity contribution in [3.8, 4) is 17.2 Å². The first kappa shape index (κ1) is 22.7. The van der Waals surface area contributed by atoms with Crippen LogP contribution in [0.3, 0.4) is 0 Å². The summed E-state index contributed by atoms with van der Waals surface area (Å²) in [7, 11) is 1.58. The van der Waals surface area contributed by atoms with E-state index in [1.165, 1.54) is 0 Å². The predicted molar refractivity (Wildman–Crippen MR) is 118 cm³/mol. The average Bonchev–Trinajstić information content (AvgIpc) is 2.69. The maximum Gasteiger partial charge on any atom is 0.277 e. The Morgan fingerprint density at radius 1 is 1.17 bits per heavy atom. The third-order valence-corrected chi connectivity index (χ3v) is 5.02. The van der Waals surface area contributed by atoms with Crippen molar-refractivity contribution in [1.29, 1.82) is 0 Å². The second kappa shape index (κ2) is 10.9. The summed E-state index contributed by atoms with van der Waals surface area (Å²) < 4.78 is 17.5. The Balaban J connectivity index is 1.96. The average molecular weight is 463 g/mol. The molecule has 6 nitrogen and oxygen atoms in total. The molecule has 0 spiro atoms. The van der Waals surface area contributed by atoms with Crippen LogP contribution in [0.5, 0.6) is 17.2 Å². The number of methoxy groups -OCH3 is 1. The molecular weight excluding hydrogens is 436 g/mol. The number of carbonyl (C=O) groups excluding carboxylic acids is 1. The molecule has 0 aliphatic carbocycles. The molecule has 1 amide bonds. The SMILES string of the molecule is CCOc1ccc(/C=N/NC(=O)COc2cc(C)c(Br)cc2C(C)C)cc1OC. The molecule has 156 valence electrons. The van der Waals surface area contributed by atoms with Gasteiger partial charge in [0.1, 0.15) is 5.75 Å². The van der Waals surface area contributed by atoms with Crippen LogP contribution in [0.1, 0.15) is 43.4 Å². The Kier molecular flexibility index (Phi) is 8.51. The number of ether oxygens (including phenoxy) is 3. The van der Waals surface area contributed by atoms with E-state index in [4.69, 9.17) is 14.2 Å². The highest BCUT2D eigenvalue weighted by molar-refractivity contribution is 9.10. The van der Waals surface area contributed by atoms with Gasteiger partial charge in [-0.15, -0.1) is 0 Å². The zero-order valence-electron chi connectivity index (χ0n) is 17.4. The van der Waals surface area contributed by atoms with E-state index < -0.39 is 0 Å². The summed E-state index contributed by atoms with van der Waals surface area (Å²) >= 11 is 3.54. The minimum Gasteiger partial charge on any atom is -0.493 e. The summed E-state index contributed by atoms with van der Waals surface area (Å²) in [5, 5.41) is 3.99. The predicted octanol–water partition coefficient (Wildman–Crippen LogP) is 4.82. The molecule has 0 bridgehead atoms. The zero-order chi connectivity index (χ0) is 21.4. The third kappa shape index (κ3) is 6.49. The van der Waals surface area contributed by atoms with Gasteiger partial charge in [-0.25, -0.2) is 5.43 Å². The van der Waals surface area contributed by atoms with Crippen molar-refractivity contribution in [3.63, 3.8) is 0 Å². The number of halogens is 1. The van der Waals surface area contributed by atoms with Gasteiger partial charge in [-0.1, -0.05) is 29.8 Å². The van der Waals surface area contributed by atoms with Gasteiger partial charge in [0.15, 0.2) is 18.1 Å². The molecule has 7 heteroatoms. The van der Waals surface area contributed by atoms with Crippen LogP contribution in [-0.2, 0) is 4.79 Å². The van der Waals surface area contributed by atoms with Gasteiger partial charge in [-0.05, 0) is 66.8 Å². The largest absolute Gasteiger partial charge is 0.493 e. The zero-order valence-corrected chi connectivity index (χ0v) is 19.0. The smallest absolute Gasteiger partial charge is 0.277 e. The van der Waals surface area contributed by atoms with Crippen molar-refractivity contribution in [1.82, 2.24) is 5.43 Å². The maximum atomic E-state index is 12.1. The molecule has 1 N–H and O–H groups in total. The van der Waals surface area contributed by atoms with Crippen LogP contribution < -0.4 is 19.6 Å². The summed E-state index contributed by atoms with van der Waals surface area (Å²) in [5.41, 5.74) is 5.34. The highest BCUT2D eigenvalue weighted by Crippen LogP contribution is 2.32. The Morgan fingerprint density at radius 3 is 2.59 bits per heavy atom. The third-order valence-electron chi connectivity index (χ3n) is 4.16. The fourth-order valence-corrected chi connectivity index (χ4v) is 3.00. The summed E-state index contributed by atoms with van der Waals surface area (Å²) in [5.74, 6) is 1.91. The van der Waals surface area contributed by atoms with E-state index in [0.29, 0.717) is 23.9 Å². The highest BCUT2D eigenvalue weighted by Gasteiger charge is 2.12. The lowest BCUT2D eigenvalue weighted by Gasteiger charge is -2.15. The molecular formula is C22H27BrN2O4. The van der Waals surface area contributed by atoms with E-state index in [-0.39, 0.29) is 18.4 Å². The lowest BCUT2D eigenvalue weighted by Crippen LogP contribution is -2.25. The molecule has 0 radical (unpaired) electrons. The first-order valence-electron chi connectivity index (χ1n) is 9.41. The second-order valence-corrected chi connectivity index (χ2v) is 7.57. The van der Waals surface area contributed by atoms with Crippen molar-refractivity contribution >= 4 is 28.1 Å². The van der Waals surface area contributed by atoms with Gasteiger partial charge in [0, 0.05) is 4.47 Å². The van der Waals surface area contributed by atoms with Crippen LogP contribution >= 0.6 is 15.9 Å². The van der Waals surface area contributed by atoms with Gasteiger partial charge in [0.05, 0.1) is 19.9 Å². The van der Waals surface area contributed by atoms with Crippen LogP contribution in [0.2, 0.25) is 0 Å². The first-order valence-corrected chi connectivity index (χ1v) is 10.2. The molecule has 0 fully saturated rings. The molecule has 2 rings (SSSR count). The molecule has 2 aromatic carbocycles. The molecule has 0 aromatic heterocycles. The van der Waals surface area contributed by atoms with Crippen LogP contribution in [0.4, 0.5) is 0 Å². The molecule has 0 saturated carbocycles. The van der Waals surface area contributed by atoms with Gasteiger partial charge in [0.25, 0.3) is 5.91 Å². The minimum absolute atomic E-state index is 0.120. The lowest BCUT2D eigenvalue weighted by molar-refractivity contribution is -0.123. The van der Waals surface area contributed by atoms with Crippen LogP contribution in [-0.4, -0.2) is 32.4 Å². The van der Waals surface area contributed by atoms with Crippen LogP contribution in [0.25, 0.3) is 0 Å². The van der Waals surface area contributed by atoms with Gasteiger partial charge in [-0.3, -0.25) is 4.79 Å². The number of aryl methyl sites for hydroxylation is 1. The molecule has 0 aliphatic heterocycles. The fraction of sp³-hybridized carbons (Fsp3) is 0.364. The van der Waals surface area contributed by atoms with Crippen molar-refractivity contribution in [2.75, 3.05) is 20.3 Å². The summed E-state index contributed by atoms with van der Waals surface area (Å²) in [6, 6.07) is 9.39. The summed E-state index contributed by atoms with van der Waals surface area (Å²) in [6.07, 6.45) is 1.54. The van der Waals surface area contributed by atoms with E-state index in [0.717, 1.165) is 21.2 Å². The van der Waals surface area contributed by atoms with E-state index >= 15 is 0 Å². The highest BCUT2D eigenvalue weighted by atomic mass is 79.9. The van der Waals surface area contributed by atoms with Crippen molar-refractivity contribution in [2.24, 2.45) is 5.10 Å². The lowest BCUT2D eigenvalue weighted by atomic mass is 10.0. The maximum absolute atomic E-state index is 12.1. The molecule has 0 saturated heterocycles.